The van der Waals surface area contributed by atoms with Crippen LogP contribution in [0.4, 0.5) is 0 Å². The van der Waals surface area contributed by atoms with Gasteiger partial charge in [-0.2, -0.15) is 4.31 Å². The van der Waals surface area contributed by atoms with Gasteiger partial charge in [-0.1, -0.05) is 42.5 Å². The molecule has 2 aromatic carbocycles. The molecule has 1 saturated heterocycles. The molecule has 0 bridgehead atoms. The van der Waals surface area contributed by atoms with E-state index in [0.717, 1.165) is 11.1 Å². The summed E-state index contributed by atoms with van der Waals surface area (Å²) >= 11 is 0. The number of aliphatic carboxylic acids is 2. The first-order valence-corrected chi connectivity index (χ1v) is 11.2. The molecular formula is C21H24N2O7S. The molecule has 0 unspecified atom stereocenters. The standard InChI is InChI=1S/C19H22N2O3S.C2H2O4/c1-2-25(23,24)21-14-12-20(13-15-21)19(22)18-10-8-17(9-11-18)16-6-4-3-5-7-16;3-1(4)2(5)6/h3-11H,2,12-15H2,1H3;(H,3,4)(H,5,6). The van der Waals surface area contributed by atoms with Crippen molar-refractivity contribution in [2.75, 3.05) is 31.9 Å². The second kappa shape index (κ2) is 10.7. The maximum atomic E-state index is 12.6. The van der Waals surface area contributed by atoms with E-state index in [-0.39, 0.29) is 11.7 Å². The van der Waals surface area contributed by atoms with Crippen molar-refractivity contribution in [2.24, 2.45) is 0 Å². The molecule has 10 heteroatoms. The lowest BCUT2D eigenvalue weighted by atomic mass is 10.0. The summed E-state index contributed by atoms with van der Waals surface area (Å²) in [6, 6.07) is 17.6. The third-order valence-corrected chi connectivity index (χ3v) is 6.59. The fourth-order valence-corrected chi connectivity index (χ4v) is 4.06. The van der Waals surface area contributed by atoms with Crippen molar-refractivity contribution < 1.29 is 33.0 Å². The summed E-state index contributed by atoms with van der Waals surface area (Å²) in [6.45, 7) is 3.23. The van der Waals surface area contributed by atoms with Crippen LogP contribution in [0.5, 0.6) is 0 Å². The zero-order valence-corrected chi connectivity index (χ0v) is 17.8. The molecule has 3 rings (SSSR count). The van der Waals surface area contributed by atoms with E-state index in [4.69, 9.17) is 19.8 Å². The Morgan fingerprint density at radius 1 is 0.806 bits per heavy atom. The minimum absolute atomic E-state index is 0.0480. The number of carboxylic acid groups (broad SMARTS) is 2. The molecule has 2 aromatic rings. The molecule has 0 aliphatic carbocycles. The third-order valence-electron chi connectivity index (χ3n) is 4.71. The van der Waals surface area contributed by atoms with Crippen LogP contribution >= 0.6 is 0 Å². The van der Waals surface area contributed by atoms with Crippen molar-refractivity contribution in [3.63, 3.8) is 0 Å². The lowest BCUT2D eigenvalue weighted by molar-refractivity contribution is -0.159. The molecule has 0 radical (unpaired) electrons. The van der Waals surface area contributed by atoms with Gasteiger partial charge >= 0.3 is 11.9 Å². The topological polar surface area (TPSA) is 132 Å². The average molecular weight is 448 g/mol. The highest BCUT2D eigenvalue weighted by atomic mass is 32.2. The Morgan fingerprint density at radius 3 is 1.74 bits per heavy atom. The summed E-state index contributed by atoms with van der Waals surface area (Å²) in [5.41, 5.74) is 2.81. The smallest absolute Gasteiger partial charge is 0.414 e. The summed E-state index contributed by atoms with van der Waals surface area (Å²) in [6.07, 6.45) is 0. The fourth-order valence-electron chi connectivity index (χ4n) is 2.97. The van der Waals surface area contributed by atoms with Gasteiger partial charge < -0.3 is 15.1 Å². The number of nitrogens with zero attached hydrogens (tertiary/aromatic N) is 2. The van der Waals surface area contributed by atoms with Gasteiger partial charge in [-0.15, -0.1) is 0 Å². The number of hydrogen-bond acceptors (Lipinski definition) is 5. The van der Waals surface area contributed by atoms with Crippen molar-refractivity contribution in [3.8, 4) is 11.1 Å². The zero-order chi connectivity index (χ0) is 23.0. The molecule has 2 N–H and O–H groups in total. The third kappa shape index (κ3) is 6.63. The Bertz CT molecular complexity index is 1000. The Labute approximate surface area is 180 Å². The van der Waals surface area contributed by atoms with Crippen LogP contribution in [0.2, 0.25) is 0 Å². The van der Waals surface area contributed by atoms with Crippen LogP contribution in [0.1, 0.15) is 17.3 Å². The predicted octanol–water partition coefficient (Wildman–Crippen LogP) is 1.62. The molecule has 9 nitrogen and oxygen atoms in total. The van der Waals surface area contributed by atoms with Gasteiger partial charge in [0.2, 0.25) is 10.0 Å². The summed E-state index contributed by atoms with van der Waals surface area (Å²) in [4.78, 5) is 32.6. The summed E-state index contributed by atoms with van der Waals surface area (Å²) in [7, 11) is -3.18. The van der Waals surface area contributed by atoms with Crippen molar-refractivity contribution in [1.29, 1.82) is 0 Å². The van der Waals surface area contributed by atoms with Crippen LogP contribution in [0.3, 0.4) is 0 Å². The highest BCUT2D eigenvalue weighted by Gasteiger charge is 2.28. The highest BCUT2D eigenvalue weighted by Crippen LogP contribution is 2.20. The zero-order valence-electron chi connectivity index (χ0n) is 17.0. The predicted molar refractivity (Wildman–Crippen MR) is 114 cm³/mol. The quantitative estimate of drug-likeness (QED) is 0.679. The van der Waals surface area contributed by atoms with Gasteiger partial charge in [-0.3, -0.25) is 4.79 Å². The van der Waals surface area contributed by atoms with E-state index in [1.54, 1.807) is 11.8 Å². The van der Waals surface area contributed by atoms with Gasteiger partial charge in [0.1, 0.15) is 0 Å². The number of carbonyl (C=O) groups excluding carboxylic acids is 1. The van der Waals surface area contributed by atoms with Crippen LogP contribution in [0.15, 0.2) is 54.6 Å². The van der Waals surface area contributed by atoms with Crippen LogP contribution < -0.4 is 0 Å². The molecule has 0 saturated carbocycles. The SMILES string of the molecule is CCS(=O)(=O)N1CCN(C(=O)c2ccc(-c3ccccc3)cc2)CC1.O=C(O)C(=O)O. The molecule has 166 valence electrons. The van der Waals surface area contributed by atoms with Crippen molar-refractivity contribution in [2.45, 2.75) is 6.92 Å². The Balaban J connectivity index is 0.000000501. The van der Waals surface area contributed by atoms with E-state index in [1.807, 2.05) is 54.6 Å². The van der Waals surface area contributed by atoms with Crippen molar-refractivity contribution in [1.82, 2.24) is 9.21 Å². The number of amides is 1. The molecule has 0 atom stereocenters. The van der Waals surface area contributed by atoms with Gasteiger partial charge in [0.15, 0.2) is 0 Å². The number of sulfonamides is 1. The van der Waals surface area contributed by atoms with Gasteiger partial charge in [-0.05, 0) is 30.2 Å². The number of hydrogen-bond donors (Lipinski definition) is 2. The number of carboxylic acids is 2. The molecule has 1 aliphatic rings. The monoisotopic (exact) mass is 448 g/mol. The molecule has 0 spiro atoms. The average Bonchev–Trinajstić information content (AvgIpc) is 2.79. The van der Waals surface area contributed by atoms with E-state index in [1.165, 1.54) is 4.31 Å². The van der Waals surface area contributed by atoms with E-state index < -0.39 is 22.0 Å². The molecule has 1 aliphatic heterocycles. The van der Waals surface area contributed by atoms with Gasteiger partial charge in [0.05, 0.1) is 5.75 Å². The van der Waals surface area contributed by atoms with E-state index in [2.05, 4.69) is 0 Å². The molecular weight excluding hydrogens is 424 g/mol. The lowest BCUT2D eigenvalue weighted by Gasteiger charge is -2.33. The molecule has 1 amide bonds. The summed E-state index contributed by atoms with van der Waals surface area (Å²) in [5.74, 6) is -3.60. The molecule has 31 heavy (non-hydrogen) atoms. The van der Waals surface area contributed by atoms with Crippen LogP contribution in [-0.2, 0) is 19.6 Å². The largest absolute Gasteiger partial charge is 0.473 e. The Hall–Kier alpha value is -3.24. The van der Waals surface area contributed by atoms with Crippen molar-refractivity contribution in [3.05, 3.63) is 60.2 Å². The first-order chi connectivity index (χ1) is 14.7. The number of benzene rings is 2. The maximum Gasteiger partial charge on any atom is 0.414 e. The van der Waals surface area contributed by atoms with E-state index in [0.29, 0.717) is 31.7 Å². The fraction of sp³-hybridized carbons (Fsp3) is 0.286. The van der Waals surface area contributed by atoms with E-state index >= 15 is 0 Å². The van der Waals surface area contributed by atoms with Crippen LogP contribution in [-0.4, -0.2) is 77.6 Å². The number of piperazine rings is 1. The minimum atomic E-state index is -3.18. The molecule has 1 heterocycles. The summed E-state index contributed by atoms with van der Waals surface area (Å²) < 4.78 is 25.3. The highest BCUT2D eigenvalue weighted by molar-refractivity contribution is 7.89. The Morgan fingerprint density at radius 2 is 1.29 bits per heavy atom. The second-order valence-electron chi connectivity index (χ2n) is 6.65. The number of carbonyl (C=O) groups is 3. The van der Waals surface area contributed by atoms with Gasteiger partial charge in [0.25, 0.3) is 5.91 Å². The molecule has 0 aromatic heterocycles. The first-order valence-electron chi connectivity index (χ1n) is 9.54. The van der Waals surface area contributed by atoms with Gasteiger partial charge in [-0.25, -0.2) is 18.0 Å². The van der Waals surface area contributed by atoms with Gasteiger partial charge in [0, 0.05) is 31.7 Å². The van der Waals surface area contributed by atoms with Crippen LogP contribution in [0.25, 0.3) is 11.1 Å². The maximum absolute atomic E-state index is 12.6. The molecule has 1 fully saturated rings. The summed E-state index contributed by atoms with van der Waals surface area (Å²) in [5, 5.41) is 14.8. The number of rotatable bonds is 4. The van der Waals surface area contributed by atoms with Crippen molar-refractivity contribution >= 4 is 27.9 Å². The minimum Gasteiger partial charge on any atom is -0.473 e. The Kier molecular flexibility index (Phi) is 8.29. The van der Waals surface area contributed by atoms with E-state index in [9.17, 15) is 13.2 Å². The normalized spacial score (nSPS) is 14.3. The second-order valence-corrected chi connectivity index (χ2v) is 8.90. The van der Waals surface area contributed by atoms with Crippen LogP contribution in [0, 0.1) is 0 Å². The lowest BCUT2D eigenvalue weighted by Crippen LogP contribution is -2.50. The first kappa shape index (κ1) is 24.0.